The summed E-state index contributed by atoms with van der Waals surface area (Å²) in [6.07, 6.45) is 1.41. The van der Waals surface area contributed by atoms with E-state index in [4.69, 9.17) is 14.2 Å². The van der Waals surface area contributed by atoms with Crippen molar-refractivity contribution >= 4 is 15.9 Å². The molecule has 0 N–H and O–H groups in total. The van der Waals surface area contributed by atoms with Crippen LogP contribution in [0, 0.1) is 5.92 Å². The number of nitrogens with zero attached hydrogens (tertiary/aromatic N) is 2. The summed E-state index contributed by atoms with van der Waals surface area (Å²) in [4.78, 5) is 14.8. The van der Waals surface area contributed by atoms with Crippen molar-refractivity contribution in [3.8, 4) is 11.5 Å². The molecule has 5 rings (SSSR count). The minimum absolute atomic E-state index is 0.00630. The Labute approximate surface area is 170 Å². The number of hydrogen-bond donors (Lipinski definition) is 0. The van der Waals surface area contributed by atoms with Crippen LogP contribution < -0.4 is 9.47 Å². The van der Waals surface area contributed by atoms with Crippen molar-refractivity contribution in [1.82, 2.24) is 9.21 Å². The molecule has 0 saturated carbocycles. The molecule has 0 radical (unpaired) electrons. The van der Waals surface area contributed by atoms with Crippen molar-refractivity contribution in [3.05, 3.63) is 18.2 Å². The topological polar surface area (TPSA) is 85.4 Å². The number of hydrogen-bond acceptors (Lipinski definition) is 6. The first-order valence-corrected chi connectivity index (χ1v) is 11.7. The van der Waals surface area contributed by atoms with Gasteiger partial charge >= 0.3 is 0 Å². The lowest BCUT2D eigenvalue weighted by molar-refractivity contribution is -0.139. The highest BCUT2D eigenvalue weighted by Crippen LogP contribution is 2.50. The number of ether oxygens (including phenoxy) is 3. The molecule has 1 aromatic rings. The fraction of sp³-hybridized carbons (Fsp3) is 0.650. The number of benzene rings is 1. The molecule has 0 aliphatic carbocycles. The molecular formula is C20H26N2O6S. The molecule has 3 saturated heterocycles. The van der Waals surface area contributed by atoms with Gasteiger partial charge in [0.1, 0.15) is 0 Å². The number of carbonyl (C=O) groups is 1. The van der Waals surface area contributed by atoms with Gasteiger partial charge in [0.05, 0.1) is 36.8 Å². The van der Waals surface area contributed by atoms with Gasteiger partial charge in [0.15, 0.2) is 17.2 Å². The zero-order valence-electron chi connectivity index (χ0n) is 16.7. The Morgan fingerprint density at radius 1 is 1.17 bits per heavy atom. The lowest BCUT2D eigenvalue weighted by atomic mass is 10.0. The quantitative estimate of drug-likeness (QED) is 0.736. The fourth-order valence-electron chi connectivity index (χ4n) is 5.06. The van der Waals surface area contributed by atoms with Crippen LogP contribution in [0.25, 0.3) is 0 Å². The average Bonchev–Trinajstić information content (AvgIpc) is 3.23. The van der Waals surface area contributed by atoms with Crippen LogP contribution in [0.2, 0.25) is 0 Å². The Hall–Kier alpha value is -1.84. The Kier molecular flexibility index (Phi) is 4.34. The van der Waals surface area contributed by atoms with Gasteiger partial charge in [-0.25, -0.2) is 8.42 Å². The third kappa shape index (κ3) is 2.70. The largest absolute Gasteiger partial charge is 0.490 e. The van der Waals surface area contributed by atoms with Gasteiger partial charge in [-0.3, -0.25) is 4.79 Å². The average molecular weight is 423 g/mol. The molecule has 8 nitrogen and oxygen atoms in total. The fourth-order valence-corrected chi connectivity index (χ4v) is 6.73. The standard InChI is InChI=1S/C20H26N2O6S/c1-13(2)15-12-28-20-6-7-21(18(20)11-19(23)22(15)20)29(24,25)14-4-5-16-17(10-14)27-9-3-8-26-16/h4-5,10,13,15,18H,3,6-9,11-12H2,1-2H3/t15-,18+,20-/m0/s1. The molecular weight excluding hydrogens is 396 g/mol. The predicted molar refractivity (Wildman–Crippen MR) is 103 cm³/mol. The highest BCUT2D eigenvalue weighted by Gasteiger charge is 2.66. The molecule has 1 amide bonds. The van der Waals surface area contributed by atoms with Crippen molar-refractivity contribution in [2.24, 2.45) is 5.92 Å². The molecule has 3 atom stereocenters. The Morgan fingerprint density at radius 3 is 2.69 bits per heavy atom. The maximum atomic E-state index is 13.5. The van der Waals surface area contributed by atoms with Gasteiger partial charge in [-0.2, -0.15) is 4.31 Å². The van der Waals surface area contributed by atoms with Gasteiger partial charge in [0.2, 0.25) is 15.9 Å². The summed E-state index contributed by atoms with van der Waals surface area (Å²) in [6.45, 7) is 5.94. The molecule has 4 aliphatic rings. The monoisotopic (exact) mass is 422 g/mol. The van der Waals surface area contributed by atoms with Crippen LogP contribution in [0.5, 0.6) is 11.5 Å². The maximum absolute atomic E-state index is 13.5. The molecule has 158 valence electrons. The number of carbonyl (C=O) groups excluding carboxylic acids is 1. The zero-order valence-corrected chi connectivity index (χ0v) is 17.5. The highest BCUT2D eigenvalue weighted by atomic mass is 32.2. The second-order valence-electron chi connectivity index (χ2n) is 8.48. The van der Waals surface area contributed by atoms with Gasteiger partial charge in [-0.15, -0.1) is 0 Å². The van der Waals surface area contributed by atoms with Crippen molar-refractivity contribution in [1.29, 1.82) is 0 Å². The molecule has 4 aliphatic heterocycles. The van der Waals surface area contributed by atoms with Crippen LogP contribution in [-0.4, -0.2) is 67.7 Å². The normalized spacial score (nSPS) is 31.8. The van der Waals surface area contributed by atoms with E-state index in [9.17, 15) is 13.2 Å². The first-order chi connectivity index (χ1) is 13.8. The van der Waals surface area contributed by atoms with Crippen LogP contribution >= 0.6 is 0 Å². The van der Waals surface area contributed by atoms with E-state index < -0.39 is 21.8 Å². The van der Waals surface area contributed by atoms with Crippen molar-refractivity contribution in [2.45, 2.75) is 55.8 Å². The molecule has 29 heavy (non-hydrogen) atoms. The van der Waals surface area contributed by atoms with Crippen LogP contribution in [0.15, 0.2) is 23.1 Å². The summed E-state index contributed by atoms with van der Waals surface area (Å²) >= 11 is 0. The van der Waals surface area contributed by atoms with Gasteiger partial charge in [0, 0.05) is 31.9 Å². The molecule has 1 aromatic carbocycles. The molecule has 3 fully saturated rings. The van der Waals surface area contributed by atoms with E-state index in [2.05, 4.69) is 13.8 Å². The molecule has 0 unspecified atom stereocenters. The first kappa shape index (κ1) is 19.1. The summed E-state index contributed by atoms with van der Waals surface area (Å²) in [5.74, 6) is 1.23. The summed E-state index contributed by atoms with van der Waals surface area (Å²) in [5.41, 5.74) is -0.829. The summed E-state index contributed by atoms with van der Waals surface area (Å²) in [6, 6.07) is 4.22. The lowest BCUT2D eigenvalue weighted by Gasteiger charge is -2.34. The van der Waals surface area contributed by atoms with E-state index in [0.717, 1.165) is 6.42 Å². The van der Waals surface area contributed by atoms with Gasteiger partial charge in [0.25, 0.3) is 0 Å². The van der Waals surface area contributed by atoms with Crippen LogP contribution in [0.1, 0.15) is 33.1 Å². The summed E-state index contributed by atoms with van der Waals surface area (Å²) in [7, 11) is -3.80. The molecule has 4 heterocycles. The van der Waals surface area contributed by atoms with E-state index in [1.807, 2.05) is 4.90 Å². The van der Waals surface area contributed by atoms with Crippen molar-refractivity contribution < 1.29 is 27.4 Å². The minimum atomic E-state index is -3.80. The SMILES string of the molecule is CC(C)[C@@H]1CO[C@@]23CCN(S(=O)(=O)c4ccc5c(c4)OCCCO5)[C@@H]2CC(=O)N13. The van der Waals surface area contributed by atoms with Crippen LogP contribution in [-0.2, 0) is 19.6 Å². The summed E-state index contributed by atoms with van der Waals surface area (Å²) < 4.78 is 45.9. The van der Waals surface area contributed by atoms with E-state index >= 15 is 0 Å². The first-order valence-electron chi connectivity index (χ1n) is 10.2. The van der Waals surface area contributed by atoms with Crippen molar-refractivity contribution in [3.63, 3.8) is 0 Å². The number of rotatable bonds is 3. The van der Waals surface area contributed by atoms with Gasteiger partial charge in [-0.05, 0) is 18.1 Å². The van der Waals surface area contributed by atoms with E-state index in [-0.39, 0.29) is 29.2 Å². The third-order valence-electron chi connectivity index (χ3n) is 6.53. The highest BCUT2D eigenvalue weighted by molar-refractivity contribution is 7.89. The molecule has 0 aromatic heterocycles. The molecule has 9 heteroatoms. The second-order valence-corrected chi connectivity index (χ2v) is 10.4. The number of fused-ring (bicyclic) bond motifs is 1. The Bertz CT molecular complexity index is 948. The Morgan fingerprint density at radius 2 is 1.93 bits per heavy atom. The zero-order chi connectivity index (χ0) is 20.4. The Balaban J connectivity index is 1.48. The molecule has 1 spiro atoms. The van der Waals surface area contributed by atoms with Crippen LogP contribution in [0.4, 0.5) is 0 Å². The maximum Gasteiger partial charge on any atom is 0.243 e. The lowest BCUT2D eigenvalue weighted by Crippen LogP contribution is -2.51. The van der Waals surface area contributed by atoms with E-state index in [0.29, 0.717) is 44.3 Å². The summed E-state index contributed by atoms with van der Waals surface area (Å²) in [5, 5.41) is 0. The smallest absolute Gasteiger partial charge is 0.243 e. The number of amides is 1. The minimum Gasteiger partial charge on any atom is -0.490 e. The predicted octanol–water partition coefficient (Wildman–Crippen LogP) is 1.59. The van der Waals surface area contributed by atoms with Gasteiger partial charge in [-0.1, -0.05) is 13.8 Å². The van der Waals surface area contributed by atoms with Crippen molar-refractivity contribution in [2.75, 3.05) is 26.4 Å². The van der Waals surface area contributed by atoms with Gasteiger partial charge < -0.3 is 19.1 Å². The van der Waals surface area contributed by atoms with Crippen LogP contribution in [0.3, 0.4) is 0 Å². The molecule has 0 bridgehead atoms. The number of sulfonamides is 1. The second kappa shape index (κ2) is 6.58. The van der Waals surface area contributed by atoms with E-state index in [1.165, 1.54) is 10.4 Å². The third-order valence-corrected chi connectivity index (χ3v) is 8.44. The van der Waals surface area contributed by atoms with E-state index in [1.54, 1.807) is 12.1 Å².